The van der Waals surface area contributed by atoms with Gasteiger partial charge in [0.1, 0.15) is 17.6 Å². The summed E-state index contributed by atoms with van der Waals surface area (Å²) in [7, 11) is 1.72. The first kappa shape index (κ1) is 13.7. The molecule has 0 spiro atoms. The van der Waals surface area contributed by atoms with E-state index in [1.165, 1.54) is 6.07 Å². The van der Waals surface area contributed by atoms with Gasteiger partial charge in [0.25, 0.3) is 0 Å². The monoisotopic (exact) mass is 310 g/mol. The van der Waals surface area contributed by atoms with Crippen molar-refractivity contribution in [1.29, 1.82) is 0 Å². The molecule has 8 heteroatoms. The van der Waals surface area contributed by atoms with E-state index in [2.05, 4.69) is 15.1 Å². The van der Waals surface area contributed by atoms with Gasteiger partial charge in [0, 0.05) is 13.1 Å². The van der Waals surface area contributed by atoms with Crippen LogP contribution in [0.25, 0.3) is 11.0 Å². The van der Waals surface area contributed by atoms with Crippen LogP contribution in [-0.4, -0.2) is 19.7 Å². The van der Waals surface area contributed by atoms with E-state index in [1.807, 2.05) is 0 Å². The third-order valence-electron chi connectivity index (χ3n) is 2.84. The van der Waals surface area contributed by atoms with E-state index in [-0.39, 0.29) is 23.3 Å². The molecule has 0 saturated heterocycles. The van der Waals surface area contributed by atoms with Crippen molar-refractivity contribution in [3.63, 3.8) is 0 Å². The van der Waals surface area contributed by atoms with Gasteiger partial charge in [-0.05, 0) is 12.1 Å². The fourth-order valence-corrected chi connectivity index (χ4v) is 2.06. The molecule has 0 N–H and O–H groups in total. The van der Waals surface area contributed by atoms with Crippen LogP contribution in [0.3, 0.4) is 0 Å². The predicted molar refractivity (Wildman–Crippen MR) is 72.0 cm³/mol. The normalized spacial score (nSPS) is 11.0. The number of aromatic nitrogens is 4. The van der Waals surface area contributed by atoms with Gasteiger partial charge in [-0.1, -0.05) is 11.6 Å². The van der Waals surface area contributed by atoms with Gasteiger partial charge in [-0.3, -0.25) is 4.68 Å². The first-order valence-electron chi connectivity index (χ1n) is 5.96. The molecule has 2 heterocycles. The standard InChI is InChI=1S/C13H9ClF2N4O/c1-20-13-8(5-17-20)12(14)18-11(19-13)6-21-10-3-2-7(15)4-9(10)16/h2-5H,6H2,1H3. The number of hydrogen-bond donors (Lipinski definition) is 0. The minimum atomic E-state index is -0.789. The molecule has 0 aliphatic carbocycles. The second-order valence-electron chi connectivity index (χ2n) is 4.30. The van der Waals surface area contributed by atoms with Crippen molar-refractivity contribution >= 4 is 22.6 Å². The summed E-state index contributed by atoms with van der Waals surface area (Å²) in [6.45, 7) is -0.0939. The summed E-state index contributed by atoms with van der Waals surface area (Å²) in [6, 6.07) is 3.05. The molecule has 0 unspecified atom stereocenters. The summed E-state index contributed by atoms with van der Waals surface area (Å²) in [6.07, 6.45) is 1.56. The number of fused-ring (bicyclic) bond motifs is 1. The van der Waals surface area contributed by atoms with Crippen LogP contribution in [0.2, 0.25) is 5.15 Å². The van der Waals surface area contributed by atoms with Gasteiger partial charge in [0.05, 0.1) is 11.6 Å². The molecule has 0 bridgehead atoms. The maximum Gasteiger partial charge on any atom is 0.170 e. The van der Waals surface area contributed by atoms with Crippen LogP contribution in [0.4, 0.5) is 8.78 Å². The molecule has 2 aromatic heterocycles. The van der Waals surface area contributed by atoms with E-state index < -0.39 is 11.6 Å². The SMILES string of the molecule is Cn1ncc2c(Cl)nc(COc3ccc(F)cc3F)nc21. The maximum absolute atomic E-state index is 13.5. The van der Waals surface area contributed by atoms with E-state index >= 15 is 0 Å². The van der Waals surface area contributed by atoms with E-state index in [1.54, 1.807) is 17.9 Å². The van der Waals surface area contributed by atoms with Crippen molar-refractivity contribution in [2.24, 2.45) is 7.05 Å². The first-order valence-corrected chi connectivity index (χ1v) is 6.34. The number of aryl methyl sites for hydroxylation is 1. The Labute approximate surface area is 123 Å². The molecule has 3 aromatic rings. The summed E-state index contributed by atoms with van der Waals surface area (Å²) < 4.78 is 33.0. The van der Waals surface area contributed by atoms with E-state index in [9.17, 15) is 8.78 Å². The first-order chi connectivity index (χ1) is 10.0. The predicted octanol–water partition coefficient (Wildman–Crippen LogP) is 2.87. The number of benzene rings is 1. The van der Waals surface area contributed by atoms with Gasteiger partial charge in [-0.25, -0.2) is 18.7 Å². The van der Waals surface area contributed by atoms with E-state index in [0.29, 0.717) is 11.0 Å². The number of halogens is 3. The highest BCUT2D eigenvalue weighted by molar-refractivity contribution is 6.33. The van der Waals surface area contributed by atoms with E-state index in [4.69, 9.17) is 16.3 Å². The quantitative estimate of drug-likeness (QED) is 0.698. The minimum Gasteiger partial charge on any atom is -0.483 e. The molecule has 0 radical (unpaired) electrons. The lowest BCUT2D eigenvalue weighted by Crippen LogP contribution is -2.04. The molecule has 3 rings (SSSR count). The zero-order valence-electron chi connectivity index (χ0n) is 10.8. The van der Waals surface area contributed by atoms with Gasteiger partial charge in [0.2, 0.25) is 0 Å². The van der Waals surface area contributed by atoms with Crippen LogP contribution in [0.15, 0.2) is 24.4 Å². The Kier molecular flexibility index (Phi) is 3.42. The Morgan fingerprint density at radius 3 is 2.86 bits per heavy atom. The van der Waals surface area contributed by atoms with E-state index in [0.717, 1.165) is 12.1 Å². The number of ether oxygens (including phenoxy) is 1. The Morgan fingerprint density at radius 2 is 2.10 bits per heavy atom. The zero-order valence-corrected chi connectivity index (χ0v) is 11.6. The molecule has 108 valence electrons. The fraction of sp³-hybridized carbons (Fsp3) is 0.154. The molecule has 0 fully saturated rings. The van der Waals surface area contributed by atoms with Crippen molar-refractivity contribution in [2.75, 3.05) is 0 Å². The highest BCUT2D eigenvalue weighted by Gasteiger charge is 2.11. The molecule has 5 nitrogen and oxygen atoms in total. The third kappa shape index (κ3) is 2.64. The van der Waals surface area contributed by atoms with Crippen LogP contribution >= 0.6 is 11.6 Å². The molecule has 21 heavy (non-hydrogen) atoms. The van der Waals surface area contributed by atoms with Crippen molar-refractivity contribution in [3.05, 3.63) is 47.0 Å². The van der Waals surface area contributed by atoms with Gasteiger partial charge < -0.3 is 4.74 Å². The average molecular weight is 311 g/mol. The summed E-state index contributed by atoms with van der Waals surface area (Å²) in [5.74, 6) is -1.26. The van der Waals surface area contributed by atoms with Gasteiger partial charge in [0.15, 0.2) is 23.0 Å². The second kappa shape index (κ2) is 5.25. The van der Waals surface area contributed by atoms with Crippen molar-refractivity contribution in [2.45, 2.75) is 6.61 Å². The smallest absolute Gasteiger partial charge is 0.170 e. The average Bonchev–Trinajstić information content (AvgIpc) is 2.80. The molecular formula is C13H9ClF2N4O. The molecule has 0 atom stereocenters. The highest BCUT2D eigenvalue weighted by atomic mass is 35.5. The molecule has 0 saturated carbocycles. The number of rotatable bonds is 3. The fourth-order valence-electron chi connectivity index (χ4n) is 1.83. The number of hydrogen-bond acceptors (Lipinski definition) is 4. The molecule has 0 aliphatic rings. The Morgan fingerprint density at radius 1 is 1.29 bits per heavy atom. The topological polar surface area (TPSA) is 52.8 Å². The van der Waals surface area contributed by atoms with Crippen molar-refractivity contribution in [1.82, 2.24) is 19.7 Å². The van der Waals surface area contributed by atoms with Gasteiger partial charge >= 0.3 is 0 Å². The van der Waals surface area contributed by atoms with Crippen LogP contribution in [-0.2, 0) is 13.7 Å². The van der Waals surface area contributed by atoms with Crippen LogP contribution < -0.4 is 4.74 Å². The number of nitrogens with zero attached hydrogens (tertiary/aromatic N) is 4. The Balaban J connectivity index is 1.86. The summed E-state index contributed by atoms with van der Waals surface area (Å²) in [4.78, 5) is 8.30. The van der Waals surface area contributed by atoms with Crippen LogP contribution in [0.1, 0.15) is 5.82 Å². The van der Waals surface area contributed by atoms with Gasteiger partial charge in [-0.2, -0.15) is 5.10 Å². The van der Waals surface area contributed by atoms with Crippen LogP contribution in [0, 0.1) is 11.6 Å². The zero-order chi connectivity index (χ0) is 15.0. The summed E-state index contributed by atoms with van der Waals surface area (Å²) >= 11 is 6.03. The molecule has 0 amide bonds. The van der Waals surface area contributed by atoms with Crippen molar-refractivity contribution in [3.8, 4) is 5.75 Å². The van der Waals surface area contributed by atoms with Crippen molar-refractivity contribution < 1.29 is 13.5 Å². The lowest BCUT2D eigenvalue weighted by molar-refractivity contribution is 0.280. The lowest BCUT2D eigenvalue weighted by Gasteiger charge is -2.07. The second-order valence-corrected chi connectivity index (χ2v) is 4.66. The Hall–Kier alpha value is -2.28. The molecule has 0 aliphatic heterocycles. The Bertz CT molecular complexity index is 821. The highest BCUT2D eigenvalue weighted by Crippen LogP contribution is 2.21. The molecule has 1 aromatic carbocycles. The van der Waals surface area contributed by atoms with Gasteiger partial charge in [-0.15, -0.1) is 0 Å². The summed E-state index contributed by atoms with van der Waals surface area (Å²) in [5, 5.41) is 4.89. The largest absolute Gasteiger partial charge is 0.483 e. The van der Waals surface area contributed by atoms with Crippen LogP contribution in [0.5, 0.6) is 5.75 Å². The maximum atomic E-state index is 13.5. The minimum absolute atomic E-state index is 0.0822. The summed E-state index contributed by atoms with van der Waals surface area (Å²) in [5.41, 5.74) is 0.549. The molecular weight excluding hydrogens is 302 g/mol. The third-order valence-corrected chi connectivity index (χ3v) is 3.13. The lowest BCUT2D eigenvalue weighted by atomic mass is 10.3.